The lowest BCUT2D eigenvalue weighted by molar-refractivity contribution is -0.127. The Morgan fingerprint density at radius 1 is 1.57 bits per heavy atom. The second-order valence-electron chi connectivity index (χ2n) is 4.14. The first-order valence-corrected chi connectivity index (χ1v) is 5.04. The van der Waals surface area contributed by atoms with Gasteiger partial charge in [0, 0.05) is 30.5 Å². The second kappa shape index (κ2) is 3.50. The Kier molecular flexibility index (Phi) is 2.33. The van der Waals surface area contributed by atoms with Crippen LogP contribution in [0.5, 0.6) is 0 Å². The first kappa shape index (κ1) is 9.34. The summed E-state index contributed by atoms with van der Waals surface area (Å²) < 4.78 is 0. The smallest absolute Gasteiger partial charge is 0.222 e. The van der Waals surface area contributed by atoms with Crippen LogP contribution >= 0.6 is 0 Å². The number of likely N-dealkylation sites (tertiary alicyclic amines) is 1. The van der Waals surface area contributed by atoms with E-state index in [2.05, 4.69) is 10.0 Å². The quantitative estimate of drug-likeness (QED) is 0.356. The van der Waals surface area contributed by atoms with Gasteiger partial charge in [0.25, 0.3) is 0 Å². The molecule has 1 heterocycles. The highest BCUT2D eigenvalue weighted by Gasteiger charge is 2.43. The molecule has 0 aromatic heterocycles. The maximum absolute atomic E-state index is 11.5. The van der Waals surface area contributed by atoms with E-state index in [9.17, 15) is 4.79 Å². The fourth-order valence-corrected chi connectivity index (χ4v) is 2.71. The van der Waals surface area contributed by atoms with Crippen LogP contribution in [-0.2, 0) is 4.79 Å². The van der Waals surface area contributed by atoms with Gasteiger partial charge in [-0.25, -0.2) is 0 Å². The average molecular weight is 194 g/mol. The molecule has 1 aliphatic heterocycles. The fraction of sp³-hybridized carbons (Fsp3) is 0.889. The molecule has 76 valence electrons. The fourth-order valence-electron chi connectivity index (χ4n) is 2.71. The number of hydrogen-bond acceptors (Lipinski definition) is 2. The minimum atomic E-state index is 0.0349. The lowest BCUT2D eigenvalue weighted by Crippen LogP contribution is -2.38. The SMILES string of the molecule is CN1C(=O)C[C@@H]2[C@@H](N=[N+]=[N-])CCC[C@@H]21. The molecule has 2 aliphatic rings. The summed E-state index contributed by atoms with van der Waals surface area (Å²) in [6.07, 6.45) is 3.62. The van der Waals surface area contributed by atoms with Gasteiger partial charge in [-0.05, 0) is 24.3 Å². The van der Waals surface area contributed by atoms with E-state index in [1.807, 2.05) is 11.9 Å². The Morgan fingerprint density at radius 3 is 3.07 bits per heavy atom. The zero-order chi connectivity index (χ0) is 10.1. The Labute approximate surface area is 82.7 Å². The standard InChI is InChI=1S/C9H14N4O/c1-13-8-4-2-3-7(11-12-10)6(8)5-9(13)14/h6-8H,2-5H2,1H3/t6-,7+,8+/m1/s1. The van der Waals surface area contributed by atoms with Crippen molar-refractivity contribution in [2.24, 2.45) is 11.0 Å². The minimum absolute atomic E-state index is 0.0349. The lowest BCUT2D eigenvalue weighted by Gasteiger charge is -2.33. The molecule has 0 bridgehead atoms. The summed E-state index contributed by atoms with van der Waals surface area (Å²) in [5.41, 5.74) is 8.43. The molecular weight excluding hydrogens is 180 g/mol. The minimum Gasteiger partial charge on any atom is -0.342 e. The van der Waals surface area contributed by atoms with Crippen molar-refractivity contribution in [3.63, 3.8) is 0 Å². The van der Waals surface area contributed by atoms with Gasteiger partial charge < -0.3 is 4.90 Å². The van der Waals surface area contributed by atoms with Crippen LogP contribution in [0.4, 0.5) is 0 Å². The number of rotatable bonds is 1. The molecule has 0 spiro atoms. The number of hydrogen-bond donors (Lipinski definition) is 0. The van der Waals surface area contributed by atoms with E-state index in [4.69, 9.17) is 5.53 Å². The molecule has 0 N–H and O–H groups in total. The zero-order valence-electron chi connectivity index (χ0n) is 8.26. The van der Waals surface area contributed by atoms with Crippen LogP contribution in [0.3, 0.4) is 0 Å². The second-order valence-corrected chi connectivity index (χ2v) is 4.14. The first-order valence-electron chi connectivity index (χ1n) is 5.04. The molecule has 0 unspecified atom stereocenters. The highest BCUT2D eigenvalue weighted by Crippen LogP contribution is 2.37. The van der Waals surface area contributed by atoms with E-state index in [-0.39, 0.29) is 17.9 Å². The molecule has 1 amide bonds. The molecule has 1 saturated heterocycles. The van der Waals surface area contributed by atoms with Crippen LogP contribution in [0.1, 0.15) is 25.7 Å². The number of azide groups is 1. The summed E-state index contributed by atoms with van der Waals surface area (Å²) in [5, 5.41) is 3.80. The predicted octanol–water partition coefficient (Wildman–Crippen LogP) is 1.70. The molecule has 0 aromatic rings. The van der Waals surface area contributed by atoms with Crippen molar-refractivity contribution in [3.8, 4) is 0 Å². The number of nitrogens with zero attached hydrogens (tertiary/aromatic N) is 4. The van der Waals surface area contributed by atoms with Gasteiger partial charge in [-0.3, -0.25) is 4.79 Å². The van der Waals surface area contributed by atoms with Crippen molar-refractivity contribution >= 4 is 5.91 Å². The van der Waals surface area contributed by atoms with Gasteiger partial charge in [0.05, 0.1) is 0 Å². The van der Waals surface area contributed by atoms with Crippen LogP contribution in [0, 0.1) is 5.92 Å². The lowest BCUT2D eigenvalue weighted by atomic mass is 9.81. The molecule has 0 aromatic carbocycles. The van der Waals surface area contributed by atoms with E-state index >= 15 is 0 Å². The summed E-state index contributed by atoms with van der Waals surface area (Å²) in [6.45, 7) is 0. The van der Waals surface area contributed by atoms with Gasteiger partial charge in [-0.15, -0.1) is 0 Å². The van der Waals surface area contributed by atoms with E-state index in [0.717, 1.165) is 19.3 Å². The largest absolute Gasteiger partial charge is 0.342 e. The van der Waals surface area contributed by atoms with Gasteiger partial charge >= 0.3 is 0 Å². The van der Waals surface area contributed by atoms with Gasteiger partial charge in [0.1, 0.15) is 0 Å². The Balaban J connectivity index is 2.19. The third-order valence-electron chi connectivity index (χ3n) is 3.49. The van der Waals surface area contributed by atoms with Crippen molar-refractivity contribution < 1.29 is 4.79 Å². The normalized spacial score (nSPS) is 36.5. The maximum atomic E-state index is 11.5. The highest BCUT2D eigenvalue weighted by molar-refractivity contribution is 5.79. The zero-order valence-corrected chi connectivity index (χ0v) is 8.26. The van der Waals surface area contributed by atoms with Crippen molar-refractivity contribution in [2.75, 3.05) is 7.05 Å². The number of carbonyl (C=O) groups excluding carboxylic acids is 1. The molecule has 2 fully saturated rings. The molecule has 14 heavy (non-hydrogen) atoms. The van der Waals surface area contributed by atoms with Crippen molar-refractivity contribution in [1.82, 2.24) is 4.90 Å². The molecular formula is C9H14N4O. The van der Waals surface area contributed by atoms with Gasteiger partial charge in [-0.2, -0.15) is 0 Å². The topological polar surface area (TPSA) is 69.1 Å². The Morgan fingerprint density at radius 2 is 2.36 bits per heavy atom. The van der Waals surface area contributed by atoms with Crippen LogP contribution in [-0.4, -0.2) is 29.9 Å². The van der Waals surface area contributed by atoms with Crippen LogP contribution < -0.4 is 0 Å². The molecule has 1 aliphatic carbocycles. The van der Waals surface area contributed by atoms with Crippen LogP contribution in [0.15, 0.2) is 5.11 Å². The first-order chi connectivity index (χ1) is 6.74. The maximum Gasteiger partial charge on any atom is 0.222 e. The van der Waals surface area contributed by atoms with Gasteiger partial charge in [-0.1, -0.05) is 11.5 Å². The van der Waals surface area contributed by atoms with E-state index < -0.39 is 0 Å². The van der Waals surface area contributed by atoms with Crippen LogP contribution in [0.2, 0.25) is 0 Å². The summed E-state index contributed by atoms with van der Waals surface area (Å²) >= 11 is 0. The molecule has 5 heteroatoms. The van der Waals surface area contributed by atoms with Gasteiger partial charge in [0.15, 0.2) is 0 Å². The third-order valence-corrected chi connectivity index (χ3v) is 3.49. The number of fused-ring (bicyclic) bond motifs is 1. The summed E-state index contributed by atoms with van der Waals surface area (Å²) in [5.74, 6) is 0.456. The highest BCUT2D eigenvalue weighted by atomic mass is 16.2. The molecule has 3 atom stereocenters. The number of carbonyl (C=O) groups is 1. The van der Waals surface area contributed by atoms with Crippen molar-refractivity contribution in [1.29, 1.82) is 0 Å². The monoisotopic (exact) mass is 194 g/mol. The molecule has 0 radical (unpaired) electrons. The summed E-state index contributed by atoms with van der Waals surface area (Å²) in [6, 6.07) is 0.347. The van der Waals surface area contributed by atoms with E-state index in [1.54, 1.807) is 0 Å². The van der Waals surface area contributed by atoms with Crippen LogP contribution in [0.25, 0.3) is 10.4 Å². The molecule has 1 saturated carbocycles. The van der Waals surface area contributed by atoms with Gasteiger partial charge in [0.2, 0.25) is 5.91 Å². The van der Waals surface area contributed by atoms with Crippen molar-refractivity contribution in [2.45, 2.75) is 37.8 Å². The number of amides is 1. The van der Waals surface area contributed by atoms with E-state index in [0.29, 0.717) is 12.5 Å². The average Bonchev–Trinajstić information content (AvgIpc) is 2.46. The van der Waals surface area contributed by atoms with Crippen molar-refractivity contribution in [3.05, 3.63) is 10.4 Å². The summed E-state index contributed by atoms with van der Waals surface area (Å²) in [7, 11) is 1.85. The molecule has 5 nitrogen and oxygen atoms in total. The Bertz CT molecular complexity index is 297. The third kappa shape index (κ3) is 1.34. The summed E-state index contributed by atoms with van der Waals surface area (Å²) in [4.78, 5) is 16.2. The molecule has 2 rings (SSSR count). The predicted molar refractivity (Wildman–Crippen MR) is 51.5 cm³/mol. The van der Waals surface area contributed by atoms with E-state index in [1.165, 1.54) is 0 Å². The Hall–Kier alpha value is -1.22.